The first-order valence-corrected chi connectivity index (χ1v) is 7.73. The average Bonchev–Trinajstić information content (AvgIpc) is 2.28. The van der Waals surface area contributed by atoms with Crippen LogP contribution in [0.25, 0.3) is 0 Å². The van der Waals surface area contributed by atoms with Crippen molar-refractivity contribution < 1.29 is 17.2 Å². The van der Waals surface area contributed by atoms with E-state index < -0.39 is 27.7 Å². The summed E-state index contributed by atoms with van der Waals surface area (Å²) in [4.78, 5) is 0. The van der Waals surface area contributed by atoms with Gasteiger partial charge in [0.15, 0.2) is 0 Å². The van der Waals surface area contributed by atoms with Crippen molar-refractivity contribution in [1.29, 1.82) is 0 Å². The van der Waals surface area contributed by atoms with Gasteiger partial charge in [-0.1, -0.05) is 0 Å². The summed E-state index contributed by atoms with van der Waals surface area (Å²) >= 11 is 0. The highest BCUT2D eigenvalue weighted by Crippen LogP contribution is 2.20. The molecular weight excluding hydrogens is 274 g/mol. The third-order valence-corrected chi connectivity index (χ3v) is 3.41. The van der Waals surface area contributed by atoms with Crippen LogP contribution in [0.15, 0.2) is 12.1 Å². The Hall–Kier alpha value is -1.05. The van der Waals surface area contributed by atoms with Crippen LogP contribution in [0, 0.1) is 18.6 Å². The molecule has 0 radical (unpaired) electrons. The van der Waals surface area contributed by atoms with Crippen molar-refractivity contribution in [1.82, 2.24) is 10.0 Å². The van der Waals surface area contributed by atoms with Crippen LogP contribution in [0.5, 0.6) is 0 Å². The minimum absolute atomic E-state index is 0.194. The van der Waals surface area contributed by atoms with Gasteiger partial charge in [-0.05, 0) is 31.5 Å². The molecule has 0 amide bonds. The topological polar surface area (TPSA) is 58.2 Å². The Morgan fingerprint density at radius 1 is 1.21 bits per heavy atom. The SMILES string of the molecule is Cc1cc(F)c(C(C)NCCNS(C)(=O)=O)cc1F. The summed E-state index contributed by atoms with van der Waals surface area (Å²) in [5.74, 6) is -0.936. The fourth-order valence-electron chi connectivity index (χ4n) is 1.63. The molecule has 0 heterocycles. The highest BCUT2D eigenvalue weighted by Gasteiger charge is 2.13. The number of hydrogen-bond donors (Lipinski definition) is 2. The number of benzene rings is 1. The lowest BCUT2D eigenvalue weighted by atomic mass is 10.1. The second kappa shape index (κ2) is 6.40. The molecule has 1 atom stereocenters. The fraction of sp³-hybridized carbons (Fsp3) is 0.500. The van der Waals surface area contributed by atoms with Gasteiger partial charge in [0.2, 0.25) is 10.0 Å². The van der Waals surface area contributed by atoms with Crippen molar-refractivity contribution in [3.63, 3.8) is 0 Å². The largest absolute Gasteiger partial charge is 0.309 e. The van der Waals surface area contributed by atoms with Gasteiger partial charge in [-0.25, -0.2) is 21.9 Å². The van der Waals surface area contributed by atoms with Gasteiger partial charge >= 0.3 is 0 Å². The molecule has 4 nitrogen and oxygen atoms in total. The van der Waals surface area contributed by atoms with Crippen LogP contribution in [-0.4, -0.2) is 27.8 Å². The molecule has 0 saturated carbocycles. The molecule has 2 N–H and O–H groups in total. The number of hydrogen-bond acceptors (Lipinski definition) is 3. The maximum absolute atomic E-state index is 13.7. The van der Waals surface area contributed by atoms with Crippen molar-refractivity contribution in [3.8, 4) is 0 Å². The Morgan fingerprint density at radius 2 is 1.84 bits per heavy atom. The molecule has 1 rings (SSSR count). The van der Waals surface area contributed by atoms with Gasteiger partial charge in [0, 0.05) is 24.7 Å². The van der Waals surface area contributed by atoms with Crippen LogP contribution in [0.2, 0.25) is 0 Å². The van der Waals surface area contributed by atoms with E-state index in [1.807, 2.05) is 0 Å². The van der Waals surface area contributed by atoms with Crippen LogP contribution in [0.3, 0.4) is 0 Å². The molecule has 1 unspecified atom stereocenters. The van der Waals surface area contributed by atoms with Crippen molar-refractivity contribution in [2.24, 2.45) is 0 Å². The Balaban J connectivity index is 2.59. The van der Waals surface area contributed by atoms with Crippen LogP contribution >= 0.6 is 0 Å². The van der Waals surface area contributed by atoms with Crippen LogP contribution in [0.1, 0.15) is 24.1 Å². The standard InChI is InChI=1S/C12H18F2N2O2S/c1-8-6-12(14)10(7-11(8)13)9(2)15-4-5-16-19(3,17)18/h6-7,9,15-16H,4-5H2,1-3H3. The number of nitrogens with one attached hydrogen (secondary N) is 2. The summed E-state index contributed by atoms with van der Waals surface area (Å²) in [5, 5.41) is 2.93. The van der Waals surface area contributed by atoms with E-state index >= 15 is 0 Å². The van der Waals surface area contributed by atoms with Crippen molar-refractivity contribution in [2.45, 2.75) is 19.9 Å². The molecule has 0 fully saturated rings. The quantitative estimate of drug-likeness (QED) is 0.781. The molecule has 0 saturated heterocycles. The molecule has 1 aromatic carbocycles. The van der Waals surface area contributed by atoms with Crippen molar-refractivity contribution in [3.05, 3.63) is 34.9 Å². The predicted molar refractivity (Wildman–Crippen MR) is 70.4 cm³/mol. The molecule has 0 aromatic heterocycles. The number of aryl methyl sites for hydroxylation is 1. The van der Waals surface area contributed by atoms with Gasteiger partial charge in [-0.2, -0.15) is 0 Å². The van der Waals surface area contributed by atoms with Crippen LogP contribution in [0.4, 0.5) is 8.78 Å². The van der Waals surface area contributed by atoms with E-state index in [-0.39, 0.29) is 17.7 Å². The average molecular weight is 292 g/mol. The van der Waals surface area contributed by atoms with Crippen molar-refractivity contribution >= 4 is 10.0 Å². The summed E-state index contributed by atoms with van der Waals surface area (Å²) in [6.45, 7) is 3.70. The molecule has 0 aliphatic heterocycles. The highest BCUT2D eigenvalue weighted by molar-refractivity contribution is 7.88. The Bertz CT molecular complexity index is 547. The number of halogens is 2. The zero-order chi connectivity index (χ0) is 14.6. The summed E-state index contributed by atoms with van der Waals surface area (Å²) in [5.41, 5.74) is 0.481. The van der Waals surface area contributed by atoms with Gasteiger partial charge in [-0.3, -0.25) is 0 Å². The van der Waals surface area contributed by atoms with Crippen LogP contribution in [-0.2, 0) is 10.0 Å². The molecule has 1 aromatic rings. The predicted octanol–water partition coefficient (Wildman–Crippen LogP) is 1.47. The second-order valence-corrected chi connectivity index (χ2v) is 6.30. The van der Waals surface area contributed by atoms with Crippen molar-refractivity contribution in [2.75, 3.05) is 19.3 Å². The minimum Gasteiger partial charge on any atom is -0.309 e. The zero-order valence-electron chi connectivity index (χ0n) is 11.1. The van der Waals surface area contributed by atoms with Gasteiger partial charge < -0.3 is 5.32 Å². The normalized spacial score (nSPS) is 13.5. The third kappa shape index (κ3) is 5.22. The fourth-order valence-corrected chi connectivity index (χ4v) is 2.10. The van der Waals surface area contributed by atoms with E-state index in [0.29, 0.717) is 6.54 Å². The maximum Gasteiger partial charge on any atom is 0.208 e. The Morgan fingerprint density at radius 3 is 2.42 bits per heavy atom. The zero-order valence-corrected chi connectivity index (χ0v) is 11.9. The monoisotopic (exact) mass is 292 g/mol. The molecule has 0 spiro atoms. The molecular formula is C12H18F2N2O2S. The van der Waals surface area contributed by atoms with E-state index in [1.54, 1.807) is 6.92 Å². The van der Waals surface area contributed by atoms with E-state index in [1.165, 1.54) is 6.92 Å². The van der Waals surface area contributed by atoms with E-state index in [0.717, 1.165) is 18.4 Å². The Kier molecular flexibility index (Phi) is 5.39. The molecule has 0 aliphatic rings. The third-order valence-electron chi connectivity index (χ3n) is 2.68. The summed E-state index contributed by atoms with van der Waals surface area (Å²) in [6.07, 6.45) is 1.06. The minimum atomic E-state index is -3.23. The molecule has 7 heteroatoms. The van der Waals surface area contributed by atoms with Gasteiger partial charge in [0.1, 0.15) is 11.6 Å². The molecule has 19 heavy (non-hydrogen) atoms. The Labute approximate surface area is 112 Å². The smallest absolute Gasteiger partial charge is 0.208 e. The molecule has 0 aliphatic carbocycles. The first kappa shape index (κ1) is 16.0. The lowest BCUT2D eigenvalue weighted by Gasteiger charge is -2.16. The number of rotatable bonds is 6. The molecule has 0 bridgehead atoms. The van der Waals surface area contributed by atoms with E-state index in [4.69, 9.17) is 0 Å². The first-order valence-electron chi connectivity index (χ1n) is 5.84. The highest BCUT2D eigenvalue weighted by atomic mass is 32.2. The summed E-state index contributed by atoms with van der Waals surface area (Å²) < 4.78 is 51.0. The summed E-state index contributed by atoms with van der Waals surface area (Å²) in [6, 6.07) is 1.90. The van der Waals surface area contributed by atoms with Gasteiger partial charge in [0.05, 0.1) is 6.26 Å². The van der Waals surface area contributed by atoms with Crippen LogP contribution < -0.4 is 10.0 Å². The number of sulfonamides is 1. The molecule has 108 valence electrons. The summed E-state index contributed by atoms with van der Waals surface area (Å²) in [7, 11) is -3.23. The van der Waals surface area contributed by atoms with E-state index in [2.05, 4.69) is 10.0 Å². The second-order valence-electron chi connectivity index (χ2n) is 4.47. The lowest BCUT2D eigenvalue weighted by Crippen LogP contribution is -2.32. The van der Waals surface area contributed by atoms with E-state index in [9.17, 15) is 17.2 Å². The first-order chi connectivity index (χ1) is 8.70. The lowest BCUT2D eigenvalue weighted by molar-refractivity contribution is 0.515. The maximum atomic E-state index is 13.7. The van der Waals surface area contributed by atoms with Gasteiger partial charge in [0.25, 0.3) is 0 Å². The van der Waals surface area contributed by atoms with Gasteiger partial charge in [-0.15, -0.1) is 0 Å².